The SMILES string of the molecule is CC(=O)N(c1ccccc1)c1nc(/C=C/C(=O)N(Cc2nc3ccccc3c(=O)[nH]2)C(C)C)cs1. The Morgan fingerprint density at radius 3 is 2.49 bits per heavy atom. The molecule has 178 valence electrons. The zero-order valence-corrected chi connectivity index (χ0v) is 20.5. The summed E-state index contributed by atoms with van der Waals surface area (Å²) in [5.74, 6) is 0.0249. The molecule has 0 bridgehead atoms. The highest BCUT2D eigenvalue weighted by molar-refractivity contribution is 7.14. The Morgan fingerprint density at radius 2 is 1.77 bits per heavy atom. The molecule has 0 aliphatic carbocycles. The van der Waals surface area contributed by atoms with Crippen LogP contribution in [0.1, 0.15) is 32.3 Å². The van der Waals surface area contributed by atoms with E-state index >= 15 is 0 Å². The summed E-state index contributed by atoms with van der Waals surface area (Å²) in [5, 5.41) is 2.82. The van der Waals surface area contributed by atoms with Gasteiger partial charge in [0.1, 0.15) is 5.82 Å². The lowest BCUT2D eigenvalue weighted by Gasteiger charge is -2.25. The van der Waals surface area contributed by atoms with Gasteiger partial charge in [-0.3, -0.25) is 19.3 Å². The Kier molecular flexibility index (Phi) is 7.17. The van der Waals surface area contributed by atoms with Gasteiger partial charge in [-0.05, 0) is 44.2 Å². The zero-order valence-electron chi connectivity index (χ0n) is 19.6. The number of para-hydroxylation sites is 2. The van der Waals surface area contributed by atoms with Crippen molar-refractivity contribution in [3.05, 3.63) is 87.9 Å². The molecule has 9 heteroatoms. The Bertz CT molecular complexity index is 1440. The number of aromatic nitrogens is 3. The number of amides is 2. The minimum Gasteiger partial charge on any atom is -0.329 e. The number of anilines is 2. The maximum absolute atomic E-state index is 13.0. The summed E-state index contributed by atoms with van der Waals surface area (Å²) >= 11 is 1.32. The number of hydrogen-bond acceptors (Lipinski definition) is 6. The lowest BCUT2D eigenvalue weighted by Crippen LogP contribution is -2.36. The molecule has 2 aromatic heterocycles. The van der Waals surface area contributed by atoms with E-state index < -0.39 is 0 Å². The van der Waals surface area contributed by atoms with Crippen LogP contribution in [0.25, 0.3) is 17.0 Å². The fourth-order valence-electron chi connectivity index (χ4n) is 3.60. The minimum atomic E-state index is -0.239. The van der Waals surface area contributed by atoms with Crippen molar-refractivity contribution in [2.75, 3.05) is 4.90 Å². The van der Waals surface area contributed by atoms with Crippen molar-refractivity contribution < 1.29 is 9.59 Å². The number of nitrogens with zero attached hydrogens (tertiary/aromatic N) is 4. The molecule has 8 nitrogen and oxygen atoms in total. The molecule has 4 aromatic rings. The molecule has 0 fully saturated rings. The average molecular weight is 488 g/mol. The Labute approximate surface area is 206 Å². The maximum Gasteiger partial charge on any atom is 0.258 e. The van der Waals surface area contributed by atoms with Crippen molar-refractivity contribution in [1.82, 2.24) is 19.9 Å². The predicted molar refractivity (Wildman–Crippen MR) is 138 cm³/mol. The third-order valence-electron chi connectivity index (χ3n) is 5.32. The van der Waals surface area contributed by atoms with Crippen LogP contribution in [-0.4, -0.2) is 37.7 Å². The molecule has 0 spiro atoms. The second kappa shape index (κ2) is 10.4. The molecule has 1 N–H and O–H groups in total. The number of hydrogen-bond donors (Lipinski definition) is 1. The Balaban J connectivity index is 1.52. The third kappa shape index (κ3) is 5.52. The van der Waals surface area contributed by atoms with E-state index in [1.54, 1.807) is 34.6 Å². The van der Waals surface area contributed by atoms with E-state index in [-0.39, 0.29) is 30.0 Å². The van der Waals surface area contributed by atoms with E-state index in [9.17, 15) is 14.4 Å². The standard InChI is InChI=1S/C26H25N5O3S/c1-17(2)30(15-23-28-22-12-8-7-11-21(22)25(34)29-23)24(33)14-13-19-16-35-26(27-19)31(18(3)32)20-9-5-4-6-10-20/h4-14,16-17H,15H2,1-3H3,(H,28,29,34)/b14-13+. The molecule has 0 unspecified atom stereocenters. The first kappa shape index (κ1) is 24.0. The number of carbonyl (C=O) groups excluding carboxylic acids is 2. The quantitative estimate of drug-likeness (QED) is 0.387. The van der Waals surface area contributed by atoms with Gasteiger partial charge in [0, 0.05) is 24.4 Å². The average Bonchev–Trinajstić information content (AvgIpc) is 3.30. The van der Waals surface area contributed by atoms with Gasteiger partial charge >= 0.3 is 0 Å². The number of aromatic amines is 1. The van der Waals surface area contributed by atoms with E-state index in [0.29, 0.717) is 27.6 Å². The minimum absolute atomic E-state index is 0.124. The van der Waals surface area contributed by atoms with Crippen LogP contribution in [0, 0.1) is 0 Å². The van der Waals surface area contributed by atoms with Crippen molar-refractivity contribution in [2.45, 2.75) is 33.4 Å². The normalized spacial score (nSPS) is 11.3. The highest BCUT2D eigenvalue weighted by atomic mass is 32.1. The highest BCUT2D eigenvalue weighted by Gasteiger charge is 2.19. The summed E-state index contributed by atoms with van der Waals surface area (Å²) in [5.41, 5.74) is 1.65. The summed E-state index contributed by atoms with van der Waals surface area (Å²) in [6, 6.07) is 16.2. The van der Waals surface area contributed by atoms with Crippen LogP contribution in [-0.2, 0) is 16.1 Å². The van der Waals surface area contributed by atoms with E-state index in [1.807, 2.05) is 50.2 Å². The van der Waals surface area contributed by atoms with Gasteiger partial charge in [-0.25, -0.2) is 9.97 Å². The van der Waals surface area contributed by atoms with Crippen molar-refractivity contribution in [2.24, 2.45) is 0 Å². The molecular formula is C26H25N5O3S. The molecular weight excluding hydrogens is 462 g/mol. The smallest absolute Gasteiger partial charge is 0.258 e. The molecule has 0 atom stereocenters. The first-order valence-corrected chi connectivity index (χ1v) is 12.0. The van der Waals surface area contributed by atoms with E-state index in [2.05, 4.69) is 15.0 Å². The molecule has 0 aliphatic rings. The van der Waals surface area contributed by atoms with Gasteiger partial charge in [0.2, 0.25) is 11.8 Å². The van der Waals surface area contributed by atoms with Crippen LogP contribution in [0.15, 0.2) is 70.8 Å². The lowest BCUT2D eigenvalue weighted by atomic mass is 10.2. The number of H-pyrrole nitrogens is 1. The summed E-state index contributed by atoms with van der Waals surface area (Å²) in [6.45, 7) is 5.45. The summed E-state index contributed by atoms with van der Waals surface area (Å²) < 4.78 is 0. The van der Waals surface area contributed by atoms with Crippen LogP contribution in [0.2, 0.25) is 0 Å². The fourth-order valence-corrected chi connectivity index (χ4v) is 4.45. The number of benzene rings is 2. The number of fused-ring (bicyclic) bond motifs is 1. The molecule has 0 saturated heterocycles. The fraction of sp³-hybridized carbons (Fsp3) is 0.192. The highest BCUT2D eigenvalue weighted by Crippen LogP contribution is 2.29. The molecule has 2 aromatic carbocycles. The van der Waals surface area contributed by atoms with Crippen LogP contribution < -0.4 is 10.5 Å². The Hall–Kier alpha value is -4.11. The van der Waals surface area contributed by atoms with Gasteiger partial charge in [0.25, 0.3) is 5.56 Å². The van der Waals surface area contributed by atoms with Crippen LogP contribution >= 0.6 is 11.3 Å². The second-order valence-electron chi connectivity index (χ2n) is 8.17. The second-order valence-corrected chi connectivity index (χ2v) is 9.00. The van der Waals surface area contributed by atoms with Crippen LogP contribution in [0.5, 0.6) is 0 Å². The maximum atomic E-state index is 13.0. The molecule has 0 saturated carbocycles. The monoisotopic (exact) mass is 487 g/mol. The topological polar surface area (TPSA) is 99.3 Å². The third-order valence-corrected chi connectivity index (χ3v) is 6.16. The molecule has 0 aliphatic heterocycles. The van der Waals surface area contributed by atoms with Gasteiger partial charge in [0.05, 0.1) is 28.8 Å². The number of carbonyl (C=O) groups is 2. The van der Waals surface area contributed by atoms with Crippen LogP contribution in [0.3, 0.4) is 0 Å². The number of rotatable bonds is 7. The Morgan fingerprint density at radius 1 is 1.06 bits per heavy atom. The van der Waals surface area contributed by atoms with Gasteiger partial charge in [-0.1, -0.05) is 30.3 Å². The van der Waals surface area contributed by atoms with Crippen molar-refractivity contribution in [3.63, 3.8) is 0 Å². The van der Waals surface area contributed by atoms with E-state index in [4.69, 9.17) is 0 Å². The molecule has 4 rings (SSSR count). The van der Waals surface area contributed by atoms with Crippen molar-refractivity contribution >= 4 is 50.9 Å². The van der Waals surface area contributed by atoms with Gasteiger partial charge in [0.15, 0.2) is 5.13 Å². The number of nitrogens with one attached hydrogen (secondary N) is 1. The predicted octanol–water partition coefficient (Wildman–Crippen LogP) is 4.51. The largest absolute Gasteiger partial charge is 0.329 e. The van der Waals surface area contributed by atoms with Crippen LogP contribution in [0.4, 0.5) is 10.8 Å². The van der Waals surface area contributed by atoms with Gasteiger partial charge in [-0.2, -0.15) is 0 Å². The molecule has 35 heavy (non-hydrogen) atoms. The van der Waals surface area contributed by atoms with E-state index in [1.165, 1.54) is 29.2 Å². The molecule has 2 amide bonds. The van der Waals surface area contributed by atoms with Crippen molar-refractivity contribution in [3.8, 4) is 0 Å². The summed E-state index contributed by atoms with van der Waals surface area (Å²) in [7, 11) is 0. The first-order chi connectivity index (χ1) is 16.8. The lowest BCUT2D eigenvalue weighted by molar-refractivity contribution is -0.128. The summed E-state index contributed by atoms with van der Waals surface area (Å²) in [4.78, 5) is 52.6. The summed E-state index contributed by atoms with van der Waals surface area (Å²) in [6.07, 6.45) is 3.07. The van der Waals surface area contributed by atoms with Gasteiger partial charge < -0.3 is 9.88 Å². The molecule has 0 radical (unpaired) electrons. The zero-order chi connectivity index (χ0) is 24.9. The first-order valence-electron chi connectivity index (χ1n) is 11.1. The number of thiazole rings is 1. The van der Waals surface area contributed by atoms with E-state index in [0.717, 1.165) is 5.69 Å². The van der Waals surface area contributed by atoms with Crippen molar-refractivity contribution in [1.29, 1.82) is 0 Å². The van der Waals surface area contributed by atoms with Gasteiger partial charge in [-0.15, -0.1) is 11.3 Å². The molecule has 2 heterocycles.